The molecule has 0 radical (unpaired) electrons. The van der Waals surface area contributed by atoms with Crippen molar-refractivity contribution < 1.29 is 9.85 Å². The molecule has 0 aliphatic carbocycles. The van der Waals surface area contributed by atoms with E-state index in [0.717, 1.165) is 0 Å². The smallest absolute Gasteiger partial charge is 0.258 e. The van der Waals surface area contributed by atoms with Crippen molar-refractivity contribution in [2.45, 2.75) is 13.8 Å². The number of rotatable bonds is 2. The van der Waals surface area contributed by atoms with Crippen LogP contribution in [0.25, 0.3) is 0 Å². The van der Waals surface area contributed by atoms with Gasteiger partial charge in [-0.1, -0.05) is 23.2 Å². The van der Waals surface area contributed by atoms with Gasteiger partial charge in [0.05, 0.1) is 9.85 Å². The van der Waals surface area contributed by atoms with Crippen LogP contribution in [0.3, 0.4) is 0 Å². The van der Waals surface area contributed by atoms with E-state index in [-0.39, 0.29) is 43.6 Å². The normalized spacial score (nSPS) is 9.92. The largest absolute Gasteiger partial charge is 0.327 e. The fourth-order valence-corrected chi connectivity index (χ4v) is 2.49. The Labute approximate surface area is 154 Å². The highest BCUT2D eigenvalue weighted by Crippen LogP contribution is 2.26. The maximum Gasteiger partial charge on any atom is 0.327 e. The van der Waals surface area contributed by atoms with Gasteiger partial charge in [-0.3, -0.25) is 20.2 Å². The molecular formula is C10H6Cl4N6O4. The summed E-state index contributed by atoms with van der Waals surface area (Å²) in [5, 5.41) is 20.0. The van der Waals surface area contributed by atoms with E-state index in [1.165, 1.54) is 13.8 Å². The number of hydrogen-bond donors (Lipinski definition) is 0. The van der Waals surface area contributed by atoms with Gasteiger partial charge in [0.2, 0.25) is 20.9 Å². The lowest BCUT2D eigenvalue weighted by Crippen LogP contribution is -1.98. The van der Waals surface area contributed by atoms with Gasteiger partial charge >= 0.3 is 11.4 Å². The number of aromatic nitrogens is 4. The second kappa shape index (κ2) is 8.29. The molecule has 0 fully saturated rings. The van der Waals surface area contributed by atoms with E-state index in [0.29, 0.717) is 0 Å². The number of nitro groups is 2. The van der Waals surface area contributed by atoms with Crippen molar-refractivity contribution >= 4 is 57.8 Å². The van der Waals surface area contributed by atoms with Gasteiger partial charge in [-0.05, 0) is 37.0 Å². The number of halogens is 4. The molecule has 0 unspecified atom stereocenters. The van der Waals surface area contributed by atoms with Gasteiger partial charge in [-0.25, -0.2) is 9.97 Å². The van der Waals surface area contributed by atoms with Crippen LogP contribution in [-0.4, -0.2) is 29.8 Å². The summed E-state index contributed by atoms with van der Waals surface area (Å²) in [4.78, 5) is 33.4. The third-order valence-corrected chi connectivity index (χ3v) is 3.21. The first-order valence-electron chi connectivity index (χ1n) is 5.72. The van der Waals surface area contributed by atoms with E-state index in [4.69, 9.17) is 46.4 Å². The lowest BCUT2D eigenvalue weighted by molar-refractivity contribution is -0.386. The lowest BCUT2D eigenvalue weighted by atomic mass is 10.4. The van der Waals surface area contributed by atoms with Gasteiger partial charge in [0.25, 0.3) is 0 Å². The molecule has 24 heavy (non-hydrogen) atoms. The number of nitrogens with zero attached hydrogens (tertiary/aromatic N) is 6. The first-order valence-corrected chi connectivity index (χ1v) is 7.23. The number of aryl methyl sites for hydroxylation is 2. The molecule has 2 heterocycles. The van der Waals surface area contributed by atoms with Gasteiger partial charge in [-0.2, -0.15) is 9.97 Å². The molecule has 0 amide bonds. The summed E-state index contributed by atoms with van der Waals surface area (Å²) in [6.45, 7) is 2.88. The monoisotopic (exact) mass is 414 g/mol. The Morgan fingerprint density at radius 1 is 0.708 bits per heavy atom. The zero-order valence-electron chi connectivity index (χ0n) is 11.8. The third kappa shape index (κ3) is 5.06. The van der Waals surface area contributed by atoms with Crippen molar-refractivity contribution in [1.82, 2.24) is 19.9 Å². The topological polar surface area (TPSA) is 138 Å². The Morgan fingerprint density at radius 3 is 1.21 bits per heavy atom. The molecule has 0 N–H and O–H groups in total. The van der Waals surface area contributed by atoms with Crippen LogP contribution in [0.5, 0.6) is 0 Å². The van der Waals surface area contributed by atoms with Crippen molar-refractivity contribution in [3.63, 3.8) is 0 Å². The Bertz CT molecular complexity index is 704. The van der Waals surface area contributed by atoms with E-state index in [9.17, 15) is 20.2 Å². The van der Waals surface area contributed by atoms with Crippen LogP contribution >= 0.6 is 46.4 Å². The first-order chi connectivity index (χ1) is 11.0. The van der Waals surface area contributed by atoms with Crippen molar-refractivity contribution in [3.05, 3.63) is 52.5 Å². The zero-order chi connectivity index (χ0) is 18.6. The minimum absolute atomic E-state index is 0.0944. The Hall–Kier alpha value is -1.88. The van der Waals surface area contributed by atoms with Crippen molar-refractivity contribution in [1.29, 1.82) is 0 Å². The molecule has 2 aromatic heterocycles. The lowest BCUT2D eigenvalue weighted by Gasteiger charge is -1.97. The average Bonchev–Trinajstić information content (AvgIpc) is 2.35. The van der Waals surface area contributed by atoms with Crippen molar-refractivity contribution in [2.24, 2.45) is 0 Å². The second-order valence-electron chi connectivity index (χ2n) is 3.95. The minimum atomic E-state index is -0.645. The molecule has 0 bridgehead atoms. The molecule has 0 aliphatic rings. The molecule has 128 valence electrons. The standard InChI is InChI=1S/2C5H3Cl2N3O2/c2*1-2-3(10(11)12)4(6)9-5(7)8-2/h2*1H3. The molecule has 0 aromatic carbocycles. The average molecular weight is 416 g/mol. The van der Waals surface area contributed by atoms with E-state index in [2.05, 4.69) is 19.9 Å². The molecule has 2 aromatic rings. The molecule has 0 saturated carbocycles. The molecule has 14 heteroatoms. The van der Waals surface area contributed by atoms with Crippen LogP contribution in [0.4, 0.5) is 11.4 Å². The second-order valence-corrected chi connectivity index (χ2v) is 5.34. The van der Waals surface area contributed by atoms with Gasteiger partial charge < -0.3 is 0 Å². The van der Waals surface area contributed by atoms with E-state index < -0.39 is 9.85 Å². The van der Waals surface area contributed by atoms with Crippen molar-refractivity contribution in [3.8, 4) is 0 Å². The summed E-state index contributed by atoms with van der Waals surface area (Å²) >= 11 is 21.7. The van der Waals surface area contributed by atoms with Crippen LogP contribution < -0.4 is 0 Å². The Balaban J connectivity index is 0.000000240. The summed E-state index contributed by atoms with van der Waals surface area (Å²) in [6.07, 6.45) is 0. The molecule has 10 nitrogen and oxygen atoms in total. The summed E-state index contributed by atoms with van der Waals surface area (Å²) < 4.78 is 0. The summed E-state index contributed by atoms with van der Waals surface area (Å²) in [6, 6.07) is 0. The van der Waals surface area contributed by atoms with E-state index in [1.807, 2.05) is 0 Å². The number of hydrogen-bond acceptors (Lipinski definition) is 8. The molecule has 0 saturated heterocycles. The van der Waals surface area contributed by atoms with Crippen LogP contribution in [0, 0.1) is 34.1 Å². The highest BCUT2D eigenvalue weighted by atomic mass is 35.5. The van der Waals surface area contributed by atoms with E-state index >= 15 is 0 Å². The molecule has 0 atom stereocenters. The fourth-order valence-electron chi connectivity index (χ4n) is 1.41. The third-order valence-electron chi connectivity index (χ3n) is 2.34. The molecule has 0 aliphatic heterocycles. The van der Waals surface area contributed by atoms with Crippen LogP contribution in [0.1, 0.15) is 11.4 Å². The van der Waals surface area contributed by atoms with E-state index in [1.54, 1.807) is 0 Å². The van der Waals surface area contributed by atoms with Gasteiger partial charge in [-0.15, -0.1) is 0 Å². The molecule has 0 spiro atoms. The summed E-state index contributed by atoms with van der Waals surface area (Å²) in [7, 11) is 0. The van der Waals surface area contributed by atoms with Crippen LogP contribution in [0.2, 0.25) is 20.9 Å². The fraction of sp³-hybridized carbons (Fsp3) is 0.200. The van der Waals surface area contributed by atoms with Crippen molar-refractivity contribution in [2.75, 3.05) is 0 Å². The van der Waals surface area contributed by atoms with Crippen LogP contribution in [-0.2, 0) is 0 Å². The van der Waals surface area contributed by atoms with Gasteiger partial charge in [0.1, 0.15) is 11.4 Å². The Kier molecular flexibility index (Phi) is 6.96. The SMILES string of the molecule is Cc1nc(Cl)nc(Cl)c1[N+](=O)[O-].Cc1nc(Cl)nc(Cl)c1[N+](=O)[O-]. The zero-order valence-corrected chi connectivity index (χ0v) is 14.9. The Morgan fingerprint density at radius 2 is 1.00 bits per heavy atom. The predicted molar refractivity (Wildman–Crippen MR) is 86.9 cm³/mol. The van der Waals surface area contributed by atoms with Gasteiger partial charge in [0.15, 0.2) is 0 Å². The molecular weight excluding hydrogens is 410 g/mol. The quantitative estimate of drug-likeness (QED) is 0.310. The highest BCUT2D eigenvalue weighted by Gasteiger charge is 2.20. The summed E-state index contributed by atoms with van der Waals surface area (Å²) in [5.41, 5.74) is -0.294. The molecule has 2 rings (SSSR count). The summed E-state index contributed by atoms with van der Waals surface area (Å²) in [5.74, 6) is 0. The first kappa shape index (κ1) is 20.2. The highest BCUT2D eigenvalue weighted by molar-refractivity contribution is 6.33. The van der Waals surface area contributed by atoms with Crippen LogP contribution in [0.15, 0.2) is 0 Å². The predicted octanol–water partition coefficient (Wildman–Crippen LogP) is 4.00. The minimum Gasteiger partial charge on any atom is -0.258 e. The van der Waals surface area contributed by atoms with Gasteiger partial charge in [0, 0.05) is 0 Å². The maximum atomic E-state index is 10.4. The maximum absolute atomic E-state index is 10.4.